The highest BCUT2D eigenvalue weighted by Gasteiger charge is 2.27. The Labute approximate surface area is 165 Å². The van der Waals surface area contributed by atoms with E-state index in [9.17, 15) is 13.2 Å². The first-order chi connectivity index (χ1) is 13.2. The van der Waals surface area contributed by atoms with E-state index in [2.05, 4.69) is 9.97 Å². The van der Waals surface area contributed by atoms with Crippen LogP contribution in [-0.4, -0.2) is 73.8 Å². The molecule has 1 amide bonds. The van der Waals surface area contributed by atoms with Gasteiger partial charge in [-0.3, -0.25) is 4.79 Å². The lowest BCUT2D eigenvalue weighted by atomic mass is 10.0. The smallest absolute Gasteiger partial charge is 0.254 e. The van der Waals surface area contributed by atoms with E-state index in [0.717, 1.165) is 5.56 Å². The van der Waals surface area contributed by atoms with Crippen LogP contribution in [0.2, 0.25) is 0 Å². The first-order valence-corrected chi connectivity index (χ1v) is 10.5. The van der Waals surface area contributed by atoms with Crippen LogP contribution in [0.25, 0.3) is 0 Å². The van der Waals surface area contributed by atoms with E-state index in [-0.39, 0.29) is 10.8 Å². The maximum Gasteiger partial charge on any atom is 0.254 e. The van der Waals surface area contributed by atoms with Crippen LogP contribution in [-0.2, 0) is 10.0 Å². The number of sulfonamides is 1. The number of hydrogen-bond acceptors (Lipinski definition) is 6. The zero-order valence-electron chi connectivity index (χ0n) is 16.6. The van der Waals surface area contributed by atoms with E-state index in [0.29, 0.717) is 43.3 Å². The zero-order chi connectivity index (χ0) is 20.5. The highest BCUT2D eigenvalue weighted by atomic mass is 32.2. The van der Waals surface area contributed by atoms with Crippen LogP contribution < -0.4 is 4.90 Å². The normalized spacial score (nSPS) is 15.2. The Kier molecular flexibility index (Phi) is 5.66. The number of piperazine rings is 1. The van der Waals surface area contributed by atoms with Gasteiger partial charge in [0.15, 0.2) is 0 Å². The predicted octanol–water partition coefficient (Wildman–Crippen LogP) is 1.31. The second-order valence-corrected chi connectivity index (χ2v) is 9.15. The van der Waals surface area contributed by atoms with Crippen LogP contribution in [0.3, 0.4) is 0 Å². The van der Waals surface area contributed by atoms with Crippen molar-refractivity contribution < 1.29 is 13.2 Å². The average Bonchev–Trinajstić information content (AvgIpc) is 2.70. The number of benzene rings is 1. The molecule has 2 aromatic rings. The highest BCUT2D eigenvalue weighted by molar-refractivity contribution is 7.89. The second-order valence-electron chi connectivity index (χ2n) is 7.03. The largest absolute Gasteiger partial charge is 0.337 e. The summed E-state index contributed by atoms with van der Waals surface area (Å²) in [6, 6.07) is 5.02. The SMILES string of the molecule is Cc1cc(C(=O)N2CCN(c3ncccn3)CC2)cc(S(=O)(=O)N(C)C)c1C. The van der Waals surface area contributed by atoms with Crippen molar-refractivity contribution in [2.24, 2.45) is 0 Å². The van der Waals surface area contributed by atoms with Crippen molar-refractivity contribution in [3.63, 3.8) is 0 Å². The van der Waals surface area contributed by atoms with E-state index < -0.39 is 10.0 Å². The highest BCUT2D eigenvalue weighted by Crippen LogP contribution is 2.24. The van der Waals surface area contributed by atoms with Crippen molar-refractivity contribution in [3.05, 3.63) is 47.3 Å². The Bertz CT molecular complexity index is 969. The van der Waals surface area contributed by atoms with Gasteiger partial charge in [-0.25, -0.2) is 22.7 Å². The van der Waals surface area contributed by atoms with Gasteiger partial charge in [-0.05, 0) is 43.2 Å². The molecule has 1 aliphatic rings. The topological polar surface area (TPSA) is 86.7 Å². The summed E-state index contributed by atoms with van der Waals surface area (Å²) in [6.45, 7) is 5.90. The summed E-state index contributed by atoms with van der Waals surface area (Å²) in [6.07, 6.45) is 3.39. The lowest BCUT2D eigenvalue weighted by Crippen LogP contribution is -2.49. The minimum atomic E-state index is -3.62. The van der Waals surface area contributed by atoms with Crippen LogP contribution in [0.5, 0.6) is 0 Å². The number of carbonyl (C=O) groups excluding carboxylic acids is 1. The van der Waals surface area contributed by atoms with Gasteiger partial charge in [-0.1, -0.05) is 0 Å². The molecule has 0 radical (unpaired) electrons. The first kappa shape index (κ1) is 20.2. The number of aryl methyl sites for hydroxylation is 1. The molecule has 1 aliphatic heterocycles. The average molecular weight is 404 g/mol. The van der Waals surface area contributed by atoms with Crippen molar-refractivity contribution >= 4 is 21.9 Å². The summed E-state index contributed by atoms with van der Waals surface area (Å²) in [5.74, 6) is 0.493. The number of amides is 1. The number of nitrogens with zero attached hydrogens (tertiary/aromatic N) is 5. The summed E-state index contributed by atoms with van der Waals surface area (Å²) in [5.41, 5.74) is 1.84. The van der Waals surface area contributed by atoms with Gasteiger partial charge in [0.25, 0.3) is 5.91 Å². The lowest BCUT2D eigenvalue weighted by Gasteiger charge is -2.34. The number of rotatable bonds is 4. The van der Waals surface area contributed by atoms with Crippen molar-refractivity contribution in [2.45, 2.75) is 18.7 Å². The van der Waals surface area contributed by atoms with Gasteiger partial charge in [0.2, 0.25) is 16.0 Å². The lowest BCUT2D eigenvalue weighted by molar-refractivity contribution is 0.0746. The second kappa shape index (κ2) is 7.84. The van der Waals surface area contributed by atoms with Gasteiger partial charge < -0.3 is 9.80 Å². The zero-order valence-corrected chi connectivity index (χ0v) is 17.4. The Morgan fingerprint density at radius 1 is 1.04 bits per heavy atom. The maximum absolute atomic E-state index is 13.0. The molecule has 3 rings (SSSR count). The van der Waals surface area contributed by atoms with Crippen LogP contribution in [0.4, 0.5) is 5.95 Å². The Hall–Kier alpha value is -2.52. The first-order valence-electron chi connectivity index (χ1n) is 9.07. The molecule has 0 N–H and O–H groups in total. The van der Waals surface area contributed by atoms with E-state index in [4.69, 9.17) is 0 Å². The molecule has 0 spiro atoms. The third-order valence-electron chi connectivity index (χ3n) is 5.03. The van der Waals surface area contributed by atoms with Crippen LogP contribution in [0, 0.1) is 13.8 Å². The molecule has 1 saturated heterocycles. The van der Waals surface area contributed by atoms with Gasteiger partial charge in [0.05, 0.1) is 4.90 Å². The minimum absolute atomic E-state index is 0.160. The van der Waals surface area contributed by atoms with Crippen LogP contribution in [0.1, 0.15) is 21.5 Å². The summed E-state index contributed by atoms with van der Waals surface area (Å²) < 4.78 is 26.4. The Morgan fingerprint density at radius 3 is 2.21 bits per heavy atom. The van der Waals surface area contributed by atoms with Gasteiger partial charge >= 0.3 is 0 Å². The summed E-state index contributed by atoms with van der Waals surface area (Å²) in [4.78, 5) is 25.5. The van der Waals surface area contributed by atoms with Crippen LogP contribution >= 0.6 is 0 Å². The molecule has 2 heterocycles. The quantitative estimate of drug-likeness (QED) is 0.765. The van der Waals surface area contributed by atoms with Crippen molar-refractivity contribution in [1.82, 2.24) is 19.2 Å². The van der Waals surface area contributed by atoms with Crippen molar-refractivity contribution in [1.29, 1.82) is 0 Å². The summed E-state index contributed by atoms with van der Waals surface area (Å²) >= 11 is 0. The molecule has 0 saturated carbocycles. The molecular weight excluding hydrogens is 378 g/mol. The van der Waals surface area contributed by atoms with Gasteiger partial charge in [0, 0.05) is 58.2 Å². The molecule has 1 fully saturated rings. The van der Waals surface area contributed by atoms with Crippen molar-refractivity contribution in [3.8, 4) is 0 Å². The molecule has 1 aromatic heterocycles. The molecule has 0 aliphatic carbocycles. The van der Waals surface area contributed by atoms with Crippen molar-refractivity contribution in [2.75, 3.05) is 45.2 Å². The standard InChI is InChI=1S/C19H25N5O3S/c1-14-12-16(13-17(15(14)2)28(26,27)22(3)4)18(25)23-8-10-24(11-9-23)19-20-6-5-7-21-19/h5-7,12-13H,8-11H2,1-4H3. The molecule has 0 unspecified atom stereocenters. The Balaban J connectivity index is 1.81. The fraction of sp³-hybridized carbons (Fsp3) is 0.421. The number of aromatic nitrogens is 2. The summed E-state index contributed by atoms with van der Waals surface area (Å²) in [5, 5.41) is 0. The van der Waals surface area contributed by atoms with Gasteiger partial charge in [-0.2, -0.15) is 0 Å². The molecule has 150 valence electrons. The molecule has 8 nitrogen and oxygen atoms in total. The molecule has 28 heavy (non-hydrogen) atoms. The molecular formula is C19H25N5O3S. The van der Waals surface area contributed by atoms with Crippen LogP contribution in [0.15, 0.2) is 35.5 Å². The van der Waals surface area contributed by atoms with E-state index in [1.807, 2.05) is 11.8 Å². The monoisotopic (exact) mass is 403 g/mol. The Morgan fingerprint density at radius 2 is 1.64 bits per heavy atom. The number of anilines is 1. The molecule has 1 aromatic carbocycles. The summed E-state index contributed by atoms with van der Waals surface area (Å²) in [7, 11) is -0.645. The fourth-order valence-corrected chi connectivity index (χ4v) is 4.38. The molecule has 0 bridgehead atoms. The number of hydrogen-bond donors (Lipinski definition) is 0. The third kappa shape index (κ3) is 3.85. The van der Waals surface area contributed by atoms with Gasteiger partial charge in [-0.15, -0.1) is 0 Å². The predicted molar refractivity (Wildman–Crippen MR) is 107 cm³/mol. The molecule has 0 atom stereocenters. The van der Waals surface area contributed by atoms with E-state index in [1.54, 1.807) is 36.4 Å². The van der Waals surface area contributed by atoms with E-state index in [1.165, 1.54) is 24.5 Å². The van der Waals surface area contributed by atoms with E-state index >= 15 is 0 Å². The number of carbonyl (C=O) groups is 1. The minimum Gasteiger partial charge on any atom is -0.337 e. The van der Waals surface area contributed by atoms with Gasteiger partial charge in [0.1, 0.15) is 0 Å². The molecule has 9 heteroatoms. The third-order valence-corrected chi connectivity index (χ3v) is 6.97. The maximum atomic E-state index is 13.0. The fourth-order valence-electron chi connectivity index (χ4n) is 3.16.